The second kappa shape index (κ2) is 9.61. The number of fused-ring (bicyclic) bond motifs is 1. The number of hydrogen-bond donors (Lipinski definition) is 2. The molecule has 3 rings (SSSR count). The largest absolute Gasteiger partial charge is 0.497 e. The first-order valence-electron chi connectivity index (χ1n) is 10.0. The van der Waals surface area contributed by atoms with Crippen LogP contribution in [0.2, 0.25) is 0 Å². The van der Waals surface area contributed by atoms with Crippen LogP contribution in [0.25, 0.3) is 0 Å². The normalized spacial score (nSPS) is 13.6. The molecule has 0 aromatic heterocycles. The molecule has 162 valence electrons. The van der Waals surface area contributed by atoms with Crippen LogP contribution < -0.4 is 29.6 Å². The average Bonchev–Trinajstić information content (AvgIpc) is 2.78. The Kier molecular flexibility index (Phi) is 6.92. The Hall–Kier alpha value is -3.09. The highest BCUT2D eigenvalue weighted by molar-refractivity contribution is 5.79. The van der Waals surface area contributed by atoms with E-state index in [1.165, 1.54) is 5.56 Å². The van der Waals surface area contributed by atoms with E-state index in [1.54, 1.807) is 21.3 Å². The maximum absolute atomic E-state index is 5.73. The lowest BCUT2D eigenvalue weighted by molar-refractivity contribution is 0.171. The zero-order valence-electron chi connectivity index (χ0n) is 18.4. The van der Waals surface area contributed by atoms with Crippen LogP contribution in [0.3, 0.4) is 0 Å². The molecular weight excluding hydrogens is 382 g/mol. The van der Waals surface area contributed by atoms with Crippen LogP contribution in [0.4, 0.5) is 0 Å². The average molecular weight is 414 g/mol. The molecule has 30 heavy (non-hydrogen) atoms. The molecule has 0 fully saturated rings. The van der Waals surface area contributed by atoms with Gasteiger partial charge in [-0.25, -0.2) is 0 Å². The summed E-state index contributed by atoms with van der Waals surface area (Å²) >= 11 is 0. The number of aliphatic imine (C=N–C) groups is 1. The van der Waals surface area contributed by atoms with Gasteiger partial charge in [-0.05, 0) is 29.8 Å². The lowest BCUT2D eigenvalue weighted by Crippen LogP contribution is -2.43. The molecule has 0 unspecified atom stereocenters. The van der Waals surface area contributed by atoms with Crippen LogP contribution in [0, 0.1) is 0 Å². The van der Waals surface area contributed by atoms with Gasteiger partial charge in [-0.2, -0.15) is 0 Å². The molecule has 0 atom stereocenters. The molecule has 1 aliphatic rings. The summed E-state index contributed by atoms with van der Waals surface area (Å²) in [5.74, 6) is 3.87. The number of rotatable bonds is 7. The minimum atomic E-state index is -0.134. The fourth-order valence-electron chi connectivity index (χ4n) is 3.27. The summed E-state index contributed by atoms with van der Waals surface area (Å²) in [4.78, 5) is 4.34. The van der Waals surface area contributed by atoms with Crippen molar-refractivity contribution >= 4 is 5.96 Å². The van der Waals surface area contributed by atoms with E-state index >= 15 is 0 Å². The monoisotopic (exact) mass is 413 g/mol. The van der Waals surface area contributed by atoms with E-state index < -0.39 is 0 Å². The maximum atomic E-state index is 5.73. The van der Waals surface area contributed by atoms with E-state index in [2.05, 4.69) is 41.6 Å². The summed E-state index contributed by atoms with van der Waals surface area (Å²) in [6, 6.07) is 11.9. The van der Waals surface area contributed by atoms with Crippen molar-refractivity contribution in [3.05, 3.63) is 47.5 Å². The fraction of sp³-hybridized carbons (Fsp3) is 0.435. The van der Waals surface area contributed by atoms with E-state index in [0.29, 0.717) is 26.3 Å². The molecule has 7 nitrogen and oxygen atoms in total. The predicted octanol–water partition coefficient (Wildman–Crippen LogP) is 3.12. The zero-order valence-corrected chi connectivity index (χ0v) is 18.4. The first-order chi connectivity index (χ1) is 14.5. The molecule has 7 heteroatoms. The third kappa shape index (κ3) is 5.09. The molecule has 0 radical (unpaired) electrons. The van der Waals surface area contributed by atoms with Crippen molar-refractivity contribution in [2.24, 2.45) is 4.99 Å². The van der Waals surface area contributed by atoms with Crippen molar-refractivity contribution in [2.75, 3.05) is 41.0 Å². The SMILES string of the molecule is CN=C(NCc1ccc(OC)cc1OC)NCC(C)(C)c1ccc2c(c1)OCCO2. The van der Waals surface area contributed by atoms with Gasteiger partial charge in [0.1, 0.15) is 24.7 Å². The van der Waals surface area contributed by atoms with E-state index in [-0.39, 0.29) is 5.41 Å². The lowest BCUT2D eigenvalue weighted by Gasteiger charge is -2.28. The highest BCUT2D eigenvalue weighted by Gasteiger charge is 2.24. The highest BCUT2D eigenvalue weighted by Crippen LogP contribution is 2.35. The number of hydrogen-bond acceptors (Lipinski definition) is 5. The Morgan fingerprint density at radius 2 is 1.77 bits per heavy atom. The van der Waals surface area contributed by atoms with Gasteiger partial charge in [0.15, 0.2) is 17.5 Å². The van der Waals surface area contributed by atoms with Gasteiger partial charge in [-0.15, -0.1) is 0 Å². The Bertz CT molecular complexity index is 896. The van der Waals surface area contributed by atoms with E-state index in [4.69, 9.17) is 18.9 Å². The van der Waals surface area contributed by atoms with Gasteiger partial charge in [-0.3, -0.25) is 4.99 Å². The third-order valence-corrected chi connectivity index (χ3v) is 5.19. The fourth-order valence-corrected chi connectivity index (χ4v) is 3.27. The Labute approximate surface area is 178 Å². The standard InChI is InChI=1S/C23H31N3O4/c1-23(2,17-7-9-19-21(12-17)30-11-10-29-19)15-26-22(24-3)25-14-16-6-8-18(27-4)13-20(16)28-5/h6-9,12-13H,10-11,14-15H2,1-5H3,(H2,24,25,26). The van der Waals surface area contributed by atoms with Crippen LogP contribution in [0.1, 0.15) is 25.0 Å². The summed E-state index contributed by atoms with van der Waals surface area (Å²) in [6.45, 7) is 6.83. The van der Waals surface area contributed by atoms with Crippen molar-refractivity contribution in [1.29, 1.82) is 0 Å². The summed E-state index contributed by atoms with van der Waals surface area (Å²) in [7, 11) is 5.06. The maximum Gasteiger partial charge on any atom is 0.191 e. The highest BCUT2D eigenvalue weighted by atomic mass is 16.6. The summed E-state index contributed by atoms with van der Waals surface area (Å²) in [5, 5.41) is 6.77. The second-order valence-corrected chi connectivity index (χ2v) is 7.70. The Morgan fingerprint density at radius 1 is 1.00 bits per heavy atom. The second-order valence-electron chi connectivity index (χ2n) is 7.70. The quantitative estimate of drug-likeness (QED) is 0.537. The summed E-state index contributed by atoms with van der Waals surface area (Å²) in [5.41, 5.74) is 2.06. The smallest absolute Gasteiger partial charge is 0.191 e. The number of ether oxygens (including phenoxy) is 4. The molecule has 2 N–H and O–H groups in total. The molecule has 0 bridgehead atoms. The molecule has 0 saturated carbocycles. The van der Waals surface area contributed by atoms with E-state index in [9.17, 15) is 0 Å². The third-order valence-electron chi connectivity index (χ3n) is 5.19. The molecule has 0 aliphatic carbocycles. The number of guanidine groups is 1. The number of nitrogens with zero attached hydrogens (tertiary/aromatic N) is 1. The van der Waals surface area contributed by atoms with Gasteiger partial charge >= 0.3 is 0 Å². The van der Waals surface area contributed by atoms with Crippen LogP contribution in [0.5, 0.6) is 23.0 Å². The van der Waals surface area contributed by atoms with Crippen LogP contribution in [0.15, 0.2) is 41.4 Å². The van der Waals surface area contributed by atoms with Crippen LogP contribution >= 0.6 is 0 Å². The van der Waals surface area contributed by atoms with E-state index in [0.717, 1.165) is 34.5 Å². The first kappa shape index (κ1) is 21.6. The molecule has 1 heterocycles. The minimum Gasteiger partial charge on any atom is -0.497 e. The van der Waals surface area contributed by atoms with Crippen molar-refractivity contribution in [3.8, 4) is 23.0 Å². The van der Waals surface area contributed by atoms with E-state index in [1.807, 2.05) is 24.3 Å². The van der Waals surface area contributed by atoms with Crippen molar-refractivity contribution in [3.63, 3.8) is 0 Å². The Balaban J connectivity index is 1.61. The molecule has 2 aromatic rings. The summed E-state index contributed by atoms with van der Waals surface area (Å²) in [6.07, 6.45) is 0. The Morgan fingerprint density at radius 3 is 2.47 bits per heavy atom. The molecule has 0 spiro atoms. The molecule has 1 aliphatic heterocycles. The molecule has 0 amide bonds. The van der Waals surface area contributed by atoms with Gasteiger partial charge in [0.05, 0.1) is 14.2 Å². The van der Waals surface area contributed by atoms with Crippen molar-refractivity contribution < 1.29 is 18.9 Å². The topological polar surface area (TPSA) is 73.3 Å². The molecule has 2 aromatic carbocycles. The van der Waals surface area contributed by atoms with Crippen molar-refractivity contribution in [1.82, 2.24) is 10.6 Å². The molecular formula is C23H31N3O4. The van der Waals surface area contributed by atoms with Gasteiger partial charge < -0.3 is 29.6 Å². The van der Waals surface area contributed by atoms with Gasteiger partial charge in [-0.1, -0.05) is 19.9 Å². The number of methoxy groups -OCH3 is 2. The first-order valence-corrected chi connectivity index (χ1v) is 10.0. The van der Waals surface area contributed by atoms with Gasteiger partial charge in [0.2, 0.25) is 0 Å². The molecule has 0 saturated heterocycles. The van der Waals surface area contributed by atoms with Crippen molar-refractivity contribution in [2.45, 2.75) is 25.8 Å². The lowest BCUT2D eigenvalue weighted by atomic mass is 9.84. The van der Waals surface area contributed by atoms with Gasteiger partial charge in [0.25, 0.3) is 0 Å². The number of benzene rings is 2. The van der Waals surface area contributed by atoms with Gasteiger partial charge in [0, 0.05) is 37.2 Å². The minimum absolute atomic E-state index is 0.134. The summed E-state index contributed by atoms with van der Waals surface area (Å²) < 4.78 is 22.1. The van der Waals surface area contributed by atoms with Crippen LogP contribution in [-0.2, 0) is 12.0 Å². The van der Waals surface area contributed by atoms with Crippen LogP contribution in [-0.4, -0.2) is 47.0 Å². The zero-order chi connectivity index (χ0) is 21.6. The number of nitrogens with one attached hydrogen (secondary N) is 2. The predicted molar refractivity (Wildman–Crippen MR) is 118 cm³/mol.